The smallest absolute Gasteiger partial charge is 0.303 e. The van der Waals surface area contributed by atoms with Crippen LogP contribution in [0.2, 0.25) is 0 Å². The Hall–Kier alpha value is -3.08. The molecule has 1 aromatic carbocycles. The monoisotopic (exact) mass is 421 g/mol. The summed E-state index contributed by atoms with van der Waals surface area (Å²) in [7, 11) is 0. The van der Waals surface area contributed by atoms with Crippen molar-refractivity contribution in [2.24, 2.45) is 0 Å². The Bertz CT molecular complexity index is 895. The number of likely N-dealkylation sites (tertiary alicyclic amines) is 1. The molecular weight excluding hydrogens is 390 g/mol. The van der Waals surface area contributed by atoms with Crippen molar-refractivity contribution in [1.82, 2.24) is 4.90 Å². The van der Waals surface area contributed by atoms with Gasteiger partial charge in [0.05, 0.1) is 6.04 Å². The van der Waals surface area contributed by atoms with E-state index < -0.39 is 5.97 Å². The molecule has 1 aliphatic heterocycles. The zero-order valence-electron chi connectivity index (χ0n) is 17.9. The number of aliphatic hydroxyl groups is 1. The van der Waals surface area contributed by atoms with Gasteiger partial charge in [0.15, 0.2) is 0 Å². The van der Waals surface area contributed by atoms with Gasteiger partial charge in [0, 0.05) is 25.8 Å². The van der Waals surface area contributed by atoms with Gasteiger partial charge in [0.1, 0.15) is 5.76 Å². The minimum Gasteiger partial charge on any atom is -0.508 e. The lowest BCUT2D eigenvalue weighted by atomic mass is 9.93. The molecule has 164 valence electrons. The predicted octanol–water partition coefficient (Wildman–Crippen LogP) is 5.42. The van der Waals surface area contributed by atoms with E-state index in [0.29, 0.717) is 25.8 Å². The molecule has 0 unspecified atom stereocenters. The molecule has 5 heteroatoms. The van der Waals surface area contributed by atoms with Crippen molar-refractivity contribution < 1.29 is 19.8 Å². The van der Waals surface area contributed by atoms with Crippen LogP contribution in [0, 0.1) is 0 Å². The number of aliphatic carboxylic acids is 1. The third-order valence-electron chi connectivity index (χ3n) is 5.84. The van der Waals surface area contributed by atoms with Gasteiger partial charge in [-0.15, -0.1) is 0 Å². The van der Waals surface area contributed by atoms with Crippen molar-refractivity contribution in [3.63, 3.8) is 0 Å². The Morgan fingerprint density at radius 3 is 2.65 bits per heavy atom. The van der Waals surface area contributed by atoms with Crippen molar-refractivity contribution in [3.05, 3.63) is 77.6 Å². The fourth-order valence-corrected chi connectivity index (χ4v) is 4.10. The molecule has 5 nitrogen and oxygen atoms in total. The topological polar surface area (TPSA) is 77.8 Å². The van der Waals surface area contributed by atoms with Crippen LogP contribution in [0.4, 0.5) is 0 Å². The molecule has 1 aliphatic carbocycles. The lowest BCUT2D eigenvalue weighted by molar-refractivity contribution is -0.137. The second-order valence-corrected chi connectivity index (χ2v) is 8.11. The molecule has 1 aromatic rings. The summed E-state index contributed by atoms with van der Waals surface area (Å²) in [6, 6.07) is 10.2. The number of hydrogen-bond donors (Lipinski definition) is 2. The van der Waals surface area contributed by atoms with Crippen LogP contribution in [0.5, 0.6) is 0 Å². The van der Waals surface area contributed by atoms with Gasteiger partial charge in [-0.25, -0.2) is 0 Å². The van der Waals surface area contributed by atoms with Crippen LogP contribution < -0.4 is 0 Å². The number of rotatable bonds is 10. The van der Waals surface area contributed by atoms with E-state index in [4.69, 9.17) is 5.11 Å². The number of hydrogen-bond acceptors (Lipinski definition) is 3. The first-order valence-electron chi connectivity index (χ1n) is 11.1. The van der Waals surface area contributed by atoms with E-state index in [0.717, 1.165) is 36.8 Å². The van der Waals surface area contributed by atoms with E-state index in [1.807, 2.05) is 41.3 Å². The highest BCUT2D eigenvalue weighted by atomic mass is 16.4. The number of carboxylic acids is 1. The summed E-state index contributed by atoms with van der Waals surface area (Å²) in [5, 5.41) is 19.3. The number of unbranched alkanes of at least 4 members (excludes halogenated alkanes) is 3. The highest BCUT2D eigenvalue weighted by Crippen LogP contribution is 2.29. The summed E-state index contributed by atoms with van der Waals surface area (Å²) in [6.45, 7) is 0.680. The summed E-state index contributed by atoms with van der Waals surface area (Å²) in [4.78, 5) is 24.7. The van der Waals surface area contributed by atoms with Crippen molar-refractivity contribution in [2.45, 2.75) is 57.4 Å². The van der Waals surface area contributed by atoms with Crippen molar-refractivity contribution in [1.29, 1.82) is 0 Å². The van der Waals surface area contributed by atoms with Crippen LogP contribution in [0.3, 0.4) is 0 Å². The molecular formula is C26H31NO4. The molecule has 1 atom stereocenters. The van der Waals surface area contributed by atoms with Crippen molar-refractivity contribution in [2.75, 3.05) is 6.54 Å². The number of nitrogens with zero attached hydrogens (tertiary/aromatic N) is 1. The van der Waals surface area contributed by atoms with Crippen LogP contribution in [0.15, 0.2) is 72.0 Å². The maximum absolute atomic E-state index is 12.3. The average Bonchev–Trinajstić information content (AvgIpc) is 3.14. The number of carbonyl (C=O) groups excluding carboxylic acids is 1. The fourth-order valence-electron chi connectivity index (χ4n) is 4.10. The highest BCUT2D eigenvalue weighted by molar-refractivity contribution is 5.79. The van der Waals surface area contributed by atoms with Crippen molar-refractivity contribution >= 4 is 17.4 Å². The van der Waals surface area contributed by atoms with Crippen LogP contribution in [0.25, 0.3) is 5.57 Å². The molecule has 1 amide bonds. The Balaban J connectivity index is 1.54. The Morgan fingerprint density at radius 1 is 1.10 bits per heavy atom. The van der Waals surface area contributed by atoms with Gasteiger partial charge >= 0.3 is 5.97 Å². The molecule has 0 bridgehead atoms. The Labute approximate surface area is 184 Å². The van der Waals surface area contributed by atoms with E-state index in [-0.39, 0.29) is 24.1 Å². The van der Waals surface area contributed by atoms with Gasteiger partial charge in [-0.05, 0) is 42.0 Å². The lowest BCUT2D eigenvalue weighted by Gasteiger charge is -2.22. The lowest BCUT2D eigenvalue weighted by Crippen LogP contribution is -2.32. The van der Waals surface area contributed by atoms with Crippen molar-refractivity contribution in [3.8, 4) is 0 Å². The van der Waals surface area contributed by atoms with Gasteiger partial charge in [-0.2, -0.15) is 0 Å². The minimum atomic E-state index is -0.756. The first-order valence-corrected chi connectivity index (χ1v) is 11.1. The molecule has 2 aliphatic rings. The third kappa shape index (κ3) is 6.71. The van der Waals surface area contributed by atoms with E-state index >= 15 is 0 Å². The first-order chi connectivity index (χ1) is 15.0. The Kier molecular flexibility index (Phi) is 8.27. The van der Waals surface area contributed by atoms with Gasteiger partial charge in [0.25, 0.3) is 0 Å². The number of aliphatic hydroxyl groups excluding tert-OH is 1. The molecule has 0 saturated carbocycles. The van der Waals surface area contributed by atoms with Crippen LogP contribution in [-0.2, 0) is 9.59 Å². The van der Waals surface area contributed by atoms with E-state index in [1.54, 1.807) is 6.08 Å². The molecule has 1 saturated heterocycles. The summed E-state index contributed by atoms with van der Waals surface area (Å²) < 4.78 is 0. The highest BCUT2D eigenvalue weighted by Gasteiger charge is 2.28. The summed E-state index contributed by atoms with van der Waals surface area (Å²) in [5.74, 6) is -0.363. The second kappa shape index (κ2) is 11.3. The fraction of sp³-hybridized carbons (Fsp3) is 0.385. The first kappa shape index (κ1) is 22.6. The number of benzene rings is 1. The molecule has 2 N–H and O–H groups in total. The number of carbonyl (C=O) groups is 2. The molecule has 0 spiro atoms. The zero-order chi connectivity index (χ0) is 22.1. The largest absolute Gasteiger partial charge is 0.508 e. The van der Waals surface area contributed by atoms with E-state index in [9.17, 15) is 14.7 Å². The SMILES string of the molecule is O=C(O)CCCCCCN1C(=O)CC[C@@H]1/C=C/C(O)=C1/C=CC=C(c2ccccc2)C1. The molecule has 0 aromatic heterocycles. The summed E-state index contributed by atoms with van der Waals surface area (Å²) in [6.07, 6.45) is 15.1. The average molecular weight is 422 g/mol. The molecule has 1 heterocycles. The summed E-state index contributed by atoms with van der Waals surface area (Å²) >= 11 is 0. The van der Waals surface area contributed by atoms with Gasteiger partial charge in [-0.1, -0.05) is 67.5 Å². The predicted molar refractivity (Wildman–Crippen MR) is 122 cm³/mol. The quantitative estimate of drug-likeness (QED) is 0.390. The van der Waals surface area contributed by atoms with E-state index in [2.05, 4.69) is 18.2 Å². The standard InChI is InChI=1S/C26H31NO4/c28-24(22-12-8-11-21(19-22)20-9-4-3-5-10-20)16-14-23-15-17-25(29)27(23)18-7-2-1-6-13-26(30)31/h3-5,8-12,14,16,23,28H,1-2,6-7,13,15,17-19H2,(H,30,31)/b16-14+,24-22+/t23-/m0/s1. The van der Waals surface area contributed by atoms with Gasteiger partial charge in [0.2, 0.25) is 5.91 Å². The second-order valence-electron chi connectivity index (χ2n) is 8.11. The maximum atomic E-state index is 12.3. The molecule has 1 fully saturated rings. The van der Waals surface area contributed by atoms with Gasteiger partial charge in [-0.3, -0.25) is 9.59 Å². The number of allylic oxidation sites excluding steroid dienone is 6. The Morgan fingerprint density at radius 2 is 1.87 bits per heavy atom. The normalized spacial score (nSPS) is 20.4. The number of carboxylic acid groups (broad SMARTS) is 1. The van der Waals surface area contributed by atoms with Gasteiger partial charge < -0.3 is 15.1 Å². The van der Waals surface area contributed by atoms with E-state index in [1.165, 1.54) is 5.57 Å². The minimum absolute atomic E-state index is 0.00553. The summed E-state index contributed by atoms with van der Waals surface area (Å²) in [5.41, 5.74) is 3.18. The van der Waals surface area contributed by atoms with Crippen LogP contribution >= 0.6 is 0 Å². The maximum Gasteiger partial charge on any atom is 0.303 e. The third-order valence-corrected chi connectivity index (χ3v) is 5.84. The number of amides is 1. The molecule has 31 heavy (non-hydrogen) atoms. The van der Waals surface area contributed by atoms with Crippen LogP contribution in [-0.4, -0.2) is 39.6 Å². The molecule has 3 rings (SSSR count). The zero-order valence-corrected chi connectivity index (χ0v) is 17.9. The van der Waals surface area contributed by atoms with Crippen LogP contribution in [0.1, 0.15) is 56.9 Å². The molecule has 0 radical (unpaired) electrons.